The lowest BCUT2D eigenvalue weighted by Gasteiger charge is -2.32. The van der Waals surface area contributed by atoms with E-state index in [9.17, 15) is 9.59 Å². The Morgan fingerprint density at radius 1 is 1.30 bits per heavy atom. The molecule has 0 aromatic carbocycles. The monoisotopic (exact) mass is 285 g/mol. The first kappa shape index (κ1) is 15.2. The number of carbonyl (C=O) groups is 2. The molecule has 0 spiro atoms. The van der Waals surface area contributed by atoms with Gasteiger partial charge in [0.25, 0.3) is 0 Å². The molecule has 0 saturated carbocycles. The molecule has 2 heterocycles. The third-order valence-electron chi connectivity index (χ3n) is 3.99. The third-order valence-corrected chi connectivity index (χ3v) is 3.99. The van der Waals surface area contributed by atoms with E-state index in [4.69, 9.17) is 9.84 Å². The van der Waals surface area contributed by atoms with E-state index >= 15 is 0 Å². The van der Waals surface area contributed by atoms with E-state index in [0.29, 0.717) is 32.5 Å². The van der Waals surface area contributed by atoms with E-state index < -0.39 is 5.97 Å². The van der Waals surface area contributed by atoms with Crippen molar-refractivity contribution in [1.29, 1.82) is 0 Å². The first-order valence-corrected chi connectivity index (χ1v) is 7.10. The van der Waals surface area contributed by atoms with Crippen molar-refractivity contribution in [2.45, 2.75) is 18.9 Å². The number of nitrogens with one attached hydrogen (secondary N) is 1. The molecule has 2 aliphatic rings. The summed E-state index contributed by atoms with van der Waals surface area (Å²) in [6.07, 6.45) is 1.24. The van der Waals surface area contributed by atoms with Crippen LogP contribution < -0.4 is 5.32 Å². The Morgan fingerprint density at radius 2 is 2.00 bits per heavy atom. The summed E-state index contributed by atoms with van der Waals surface area (Å²) in [4.78, 5) is 26.9. The van der Waals surface area contributed by atoms with Gasteiger partial charge in [0.2, 0.25) is 0 Å². The maximum atomic E-state index is 11.9. The van der Waals surface area contributed by atoms with Gasteiger partial charge in [-0.1, -0.05) is 0 Å². The lowest BCUT2D eigenvalue weighted by atomic mass is 9.98. The van der Waals surface area contributed by atoms with Gasteiger partial charge in [-0.25, -0.2) is 0 Å². The molecule has 0 aromatic heterocycles. The van der Waals surface area contributed by atoms with Crippen LogP contribution in [0.1, 0.15) is 12.8 Å². The van der Waals surface area contributed by atoms with Crippen LogP contribution in [-0.4, -0.2) is 79.4 Å². The van der Waals surface area contributed by atoms with Gasteiger partial charge in [0.1, 0.15) is 12.8 Å². The molecule has 1 atom stereocenters. The zero-order valence-electron chi connectivity index (χ0n) is 11.9. The van der Waals surface area contributed by atoms with E-state index in [1.54, 1.807) is 0 Å². The highest BCUT2D eigenvalue weighted by molar-refractivity contribution is 5.76. The first-order chi connectivity index (χ1) is 9.56. The highest BCUT2D eigenvalue weighted by atomic mass is 16.5. The standard InChI is InChI=1S/C13H23N3O4/c1-15-7-4-14-11(8-15)13(19)20-9-16-5-2-10(3-6-16)12(17)18/h10-11,14H,2-9H2,1H3,(H,17,18). The summed E-state index contributed by atoms with van der Waals surface area (Å²) in [6, 6.07) is -0.259. The number of ether oxygens (including phenoxy) is 1. The molecule has 2 rings (SSSR count). The van der Waals surface area contributed by atoms with E-state index in [1.165, 1.54) is 0 Å². The van der Waals surface area contributed by atoms with Gasteiger partial charge < -0.3 is 20.1 Å². The predicted molar refractivity (Wildman–Crippen MR) is 72.2 cm³/mol. The molecule has 0 bridgehead atoms. The number of carboxylic acid groups (broad SMARTS) is 1. The third kappa shape index (κ3) is 4.16. The number of likely N-dealkylation sites (N-methyl/N-ethyl adjacent to an activating group) is 1. The highest BCUT2D eigenvalue weighted by Crippen LogP contribution is 2.17. The van der Waals surface area contributed by atoms with Gasteiger partial charge in [-0.2, -0.15) is 0 Å². The van der Waals surface area contributed by atoms with E-state index in [-0.39, 0.29) is 24.7 Å². The van der Waals surface area contributed by atoms with Crippen molar-refractivity contribution in [3.63, 3.8) is 0 Å². The fourth-order valence-electron chi connectivity index (χ4n) is 2.62. The van der Waals surface area contributed by atoms with Crippen LogP contribution in [-0.2, 0) is 14.3 Å². The molecule has 0 aromatic rings. The van der Waals surface area contributed by atoms with Crippen LogP contribution in [0.15, 0.2) is 0 Å². The van der Waals surface area contributed by atoms with Crippen LogP contribution in [0.4, 0.5) is 0 Å². The SMILES string of the molecule is CN1CCNC(C(=O)OCN2CCC(C(=O)O)CC2)C1. The zero-order valence-corrected chi connectivity index (χ0v) is 11.9. The molecule has 0 radical (unpaired) electrons. The van der Waals surface area contributed by atoms with Gasteiger partial charge >= 0.3 is 11.9 Å². The number of hydrogen-bond donors (Lipinski definition) is 2. The normalized spacial score (nSPS) is 26.4. The second-order valence-electron chi connectivity index (χ2n) is 5.59. The average Bonchev–Trinajstić information content (AvgIpc) is 2.45. The van der Waals surface area contributed by atoms with Crippen molar-refractivity contribution in [2.24, 2.45) is 5.92 Å². The van der Waals surface area contributed by atoms with Crippen molar-refractivity contribution >= 4 is 11.9 Å². The Labute approximate surface area is 118 Å². The van der Waals surface area contributed by atoms with Crippen LogP contribution in [0, 0.1) is 5.92 Å². The Balaban J connectivity index is 1.68. The number of esters is 1. The van der Waals surface area contributed by atoms with Crippen molar-refractivity contribution in [3.05, 3.63) is 0 Å². The molecular formula is C13H23N3O4. The summed E-state index contributed by atoms with van der Waals surface area (Å²) < 4.78 is 5.32. The minimum Gasteiger partial charge on any atom is -0.481 e. The maximum Gasteiger partial charge on any atom is 0.325 e. The lowest BCUT2D eigenvalue weighted by molar-refractivity contribution is -0.154. The van der Waals surface area contributed by atoms with E-state index in [2.05, 4.69) is 10.2 Å². The molecule has 7 heteroatoms. The Hall–Kier alpha value is -1.18. The van der Waals surface area contributed by atoms with Gasteiger partial charge in [-0.05, 0) is 19.9 Å². The average molecular weight is 285 g/mol. The van der Waals surface area contributed by atoms with Crippen LogP contribution in [0.2, 0.25) is 0 Å². The van der Waals surface area contributed by atoms with E-state index in [1.807, 2.05) is 11.9 Å². The molecule has 114 valence electrons. The first-order valence-electron chi connectivity index (χ1n) is 7.10. The second-order valence-corrected chi connectivity index (χ2v) is 5.59. The zero-order chi connectivity index (χ0) is 14.5. The maximum absolute atomic E-state index is 11.9. The summed E-state index contributed by atoms with van der Waals surface area (Å²) in [5.74, 6) is -1.20. The quantitative estimate of drug-likeness (QED) is 0.654. The van der Waals surface area contributed by atoms with Crippen LogP contribution in [0.25, 0.3) is 0 Å². The second kappa shape index (κ2) is 7.01. The number of hydrogen-bond acceptors (Lipinski definition) is 6. The summed E-state index contributed by atoms with van der Waals surface area (Å²) in [5, 5.41) is 12.1. The molecule has 1 unspecified atom stereocenters. The Kier molecular flexibility index (Phi) is 5.33. The fraction of sp³-hybridized carbons (Fsp3) is 0.846. The molecule has 2 aliphatic heterocycles. The van der Waals surface area contributed by atoms with Gasteiger partial charge in [-0.15, -0.1) is 0 Å². The topological polar surface area (TPSA) is 82.1 Å². The predicted octanol–water partition coefficient (Wildman–Crippen LogP) is -0.813. The Morgan fingerprint density at radius 3 is 2.60 bits per heavy atom. The Bertz CT molecular complexity index is 356. The molecule has 2 N–H and O–H groups in total. The van der Waals surface area contributed by atoms with Gasteiger partial charge in [0, 0.05) is 32.7 Å². The van der Waals surface area contributed by atoms with Crippen molar-refractivity contribution in [1.82, 2.24) is 15.1 Å². The number of carboxylic acids is 1. The number of nitrogens with zero attached hydrogens (tertiary/aromatic N) is 2. The lowest BCUT2D eigenvalue weighted by Crippen LogP contribution is -2.53. The number of piperazine rings is 1. The fourth-order valence-corrected chi connectivity index (χ4v) is 2.62. The summed E-state index contributed by atoms with van der Waals surface area (Å²) in [5.41, 5.74) is 0. The smallest absolute Gasteiger partial charge is 0.325 e. The highest BCUT2D eigenvalue weighted by Gasteiger charge is 2.27. The minimum absolute atomic E-state index is 0.225. The number of rotatable bonds is 4. The van der Waals surface area contributed by atoms with E-state index in [0.717, 1.165) is 13.1 Å². The van der Waals surface area contributed by atoms with Gasteiger partial charge in [-0.3, -0.25) is 14.5 Å². The number of carbonyl (C=O) groups excluding carboxylic acids is 1. The van der Waals surface area contributed by atoms with Crippen molar-refractivity contribution in [2.75, 3.05) is 46.5 Å². The van der Waals surface area contributed by atoms with Gasteiger partial charge in [0.05, 0.1) is 5.92 Å². The molecular weight excluding hydrogens is 262 g/mol. The van der Waals surface area contributed by atoms with Crippen LogP contribution in [0.3, 0.4) is 0 Å². The molecule has 0 amide bonds. The van der Waals surface area contributed by atoms with Crippen LogP contribution >= 0.6 is 0 Å². The molecule has 20 heavy (non-hydrogen) atoms. The molecule has 7 nitrogen and oxygen atoms in total. The molecule has 0 aliphatic carbocycles. The van der Waals surface area contributed by atoms with Gasteiger partial charge in [0.15, 0.2) is 0 Å². The number of piperidine rings is 1. The molecule has 2 fully saturated rings. The summed E-state index contributed by atoms with van der Waals surface area (Å²) >= 11 is 0. The number of aliphatic carboxylic acids is 1. The van der Waals surface area contributed by atoms with Crippen molar-refractivity contribution in [3.8, 4) is 0 Å². The summed E-state index contributed by atoms with van der Waals surface area (Å²) in [6.45, 7) is 3.99. The van der Waals surface area contributed by atoms with Crippen LogP contribution in [0.5, 0.6) is 0 Å². The van der Waals surface area contributed by atoms with Crippen molar-refractivity contribution < 1.29 is 19.4 Å². The minimum atomic E-state index is -0.726. The molecule has 2 saturated heterocycles. The number of likely N-dealkylation sites (tertiary alicyclic amines) is 1. The largest absolute Gasteiger partial charge is 0.481 e. The summed E-state index contributed by atoms with van der Waals surface area (Å²) in [7, 11) is 1.98.